The number of carbonyl (C=O) groups is 2. The number of fused-ring (bicyclic) bond motifs is 1. The van der Waals surface area contributed by atoms with Crippen LogP contribution in [0.2, 0.25) is 0 Å². The second kappa shape index (κ2) is 5.69. The molecular weight excluding hydrogens is 282 g/mol. The van der Waals surface area contributed by atoms with Gasteiger partial charge in [0.25, 0.3) is 0 Å². The van der Waals surface area contributed by atoms with E-state index in [-0.39, 0.29) is 23.9 Å². The Hall–Kier alpha value is -1.36. The van der Waals surface area contributed by atoms with Crippen LogP contribution in [-0.4, -0.2) is 48.2 Å². The highest BCUT2D eigenvalue weighted by molar-refractivity contribution is 5.91. The van der Waals surface area contributed by atoms with Crippen LogP contribution in [-0.2, 0) is 19.1 Å². The summed E-state index contributed by atoms with van der Waals surface area (Å²) >= 11 is 0. The highest BCUT2D eigenvalue weighted by Gasteiger charge is 2.67. The maximum absolute atomic E-state index is 12.7. The van der Waals surface area contributed by atoms with Gasteiger partial charge in [0, 0.05) is 6.54 Å². The van der Waals surface area contributed by atoms with Crippen molar-refractivity contribution >= 4 is 11.9 Å². The summed E-state index contributed by atoms with van der Waals surface area (Å²) in [5.74, 6) is -0.845. The lowest BCUT2D eigenvalue weighted by molar-refractivity contribution is -0.154. The minimum Gasteiger partial charge on any atom is -0.465 e. The van der Waals surface area contributed by atoms with Crippen LogP contribution in [0.5, 0.6) is 0 Å². The number of ether oxygens (including phenoxy) is 2. The van der Waals surface area contributed by atoms with Crippen molar-refractivity contribution in [2.24, 2.45) is 17.8 Å². The molecule has 5 nitrogen and oxygen atoms in total. The number of likely N-dealkylation sites (tertiary alicyclic amines) is 1. The van der Waals surface area contributed by atoms with Gasteiger partial charge in [0.1, 0.15) is 11.5 Å². The van der Waals surface area contributed by atoms with Crippen LogP contribution >= 0.6 is 0 Å². The monoisotopic (exact) mass is 307 g/mol. The summed E-state index contributed by atoms with van der Waals surface area (Å²) in [6, 6.07) is 0. The van der Waals surface area contributed by atoms with Crippen LogP contribution in [0, 0.1) is 17.8 Å². The molecule has 4 atom stereocenters. The molecule has 22 heavy (non-hydrogen) atoms. The Kier molecular flexibility index (Phi) is 4.02. The van der Waals surface area contributed by atoms with Crippen LogP contribution < -0.4 is 0 Å². The van der Waals surface area contributed by atoms with E-state index in [1.165, 1.54) is 0 Å². The Morgan fingerprint density at radius 3 is 3.00 bits per heavy atom. The fourth-order valence-electron chi connectivity index (χ4n) is 3.73. The molecule has 3 heterocycles. The van der Waals surface area contributed by atoms with Gasteiger partial charge in [-0.2, -0.15) is 0 Å². The average Bonchev–Trinajstić information content (AvgIpc) is 3.11. The Labute approximate surface area is 131 Å². The third-order valence-electron chi connectivity index (χ3n) is 4.79. The van der Waals surface area contributed by atoms with E-state index in [2.05, 4.69) is 6.92 Å². The molecule has 2 fully saturated rings. The molecule has 2 saturated heterocycles. The zero-order valence-corrected chi connectivity index (χ0v) is 13.6. The number of rotatable bonds is 6. The maximum Gasteiger partial charge on any atom is 0.312 e. The second-order valence-corrected chi connectivity index (χ2v) is 7.04. The third kappa shape index (κ3) is 2.35. The number of esters is 1. The van der Waals surface area contributed by atoms with E-state index in [4.69, 9.17) is 9.47 Å². The van der Waals surface area contributed by atoms with E-state index in [0.29, 0.717) is 13.2 Å². The topological polar surface area (TPSA) is 55.8 Å². The van der Waals surface area contributed by atoms with E-state index in [1.54, 1.807) is 0 Å². The number of carbonyl (C=O) groups excluding carboxylic acids is 2. The minimum atomic E-state index is -0.600. The zero-order chi connectivity index (χ0) is 15.9. The molecule has 0 aromatic heterocycles. The highest BCUT2D eigenvalue weighted by Crippen LogP contribution is 2.52. The SMILES string of the molecule is CCCCN1C[C@@]23C=C[C@H](O2)C(C(=O)OCC(C)C)[C@H]3C1=O. The molecule has 0 aliphatic carbocycles. The molecule has 0 aromatic rings. The van der Waals surface area contributed by atoms with E-state index in [0.717, 1.165) is 19.4 Å². The van der Waals surface area contributed by atoms with E-state index < -0.39 is 17.4 Å². The van der Waals surface area contributed by atoms with Gasteiger partial charge < -0.3 is 14.4 Å². The summed E-state index contributed by atoms with van der Waals surface area (Å²) in [6.07, 6.45) is 5.62. The molecule has 3 rings (SSSR count). The van der Waals surface area contributed by atoms with Crippen molar-refractivity contribution in [3.8, 4) is 0 Å². The molecule has 0 N–H and O–H groups in total. The average molecular weight is 307 g/mol. The smallest absolute Gasteiger partial charge is 0.312 e. The van der Waals surface area contributed by atoms with Crippen molar-refractivity contribution in [2.45, 2.75) is 45.3 Å². The molecule has 1 amide bonds. The molecule has 1 unspecified atom stereocenters. The first-order valence-electron chi connectivity index (χ1n) is 8.31. The molecule has 2 bridgehead atoms. The van der Waals surface area contributed by atoms with Gasteiger partial charge in [-0.05, 0) is 12.3 Å². The molecule has 3 aliphatic rings. The van der Waals surface area contributed by atoms with Gasteiger partial charge in [-0.1, -0.05) is 39.3 Å². The van der Waals surface area contributed by atoms with Crippen LogP contribution in [0.25, 0.3) is 0 Å². The van der Waals surface area contributed by atoms with E-state index in [9.17, 15) is 9.59 Å². The number of hydrogen-bond donors (Lipinski definition) is 0. The second-order valence-electron chi connectivity index (χ2n) is 7.04. The van der Waals surface area contributed by atoms with Gasteiger partial charge >= 0.3 is 5.97 Å². The summed E-state index contributed by atoms with van der Waals surface area (Å²) in [7, 11) is 0. The number of nitrogens with zero attached hydrogens (tertiary/aromatic N) is 1. The van der Waals surface area contributed by atoms with Crippen LogP contribution in [0.4, 0.5) is 0 Å². The highest BCUT2D eigenvalue weighted by atomic mass is 16.6. The predicted octanol–water partition coefficient (Wildman–Crippen LogP) is 1.77. The molecule has 122 valence electrons. The predicted molar refractivity (Wildman–Crippen MR) is 81.0 cm³/mol. The third-order valence-corrected chi connectivity index (χ3v) is 4.79. The van der Waals surface area contributed by atoms with Crippen LogP contribution in [0.3, 0.4) is 0 Å². The quantitative estimate of drug-likeness (QED) is 0.554. The van der Waals surface area contributed by atoms with E-state index in [1.807, 2.05) is 30.9 Å². The van der Waals surface area contributed by atoms with Crippen molar-refractivity contribution < 1.29 is 19.1 Å². The van der Waals surface area contributed by atoms with Gasteiger partial charge in [0.15, 0.2) is 0 Å². The first-order chi connectivity index (χ1) is 10.5. The van der Waals surface area contributed by atoms with E-state index >= 15 is 0 Å². The standard InChI is InChI=1S/C17H25NO4/c1-4-5-8-18-10-17-7-6-12(22-17)13(14(17)15(18)19)16(20)21-9-11(2)3/h6-7,11-14H,4-5,8-10H2,1-3H3/t12-,13?,14-,17+/m0/s1. The van der Waals surface area contributed by atoms with Crippen LogP contribution in [0.1, 0.15) is 33.6 Å². The maximum atomic E-state index is 12.7. The minimum absolute atomic E-state index is 0.0480. The van der Waals surface area contributed by atoms with Crippen molar-refractivity contribution in [2.75, 3.05) is 19.7 Å². The summed E-state index contributed by atoms with van der Waals surface area (Å²) in [5.41, 5.74) is -0.600. The van der Waals surface area contributed by atoms with Gasteiger partial charge in [0.2, 0.25) is 5.91 Å². The van der Waals surface area contributed by atoms with Gasteiger partial charge in [0.05, 0.1) is 25.2 Å². The lowest BCUT2D eigenvalue weighted by atomic mass is 9.77. The Balaban J connectivity index is 1.76. The normalized spacial score (nSPS) is 35.5. The molecule has 1 spiro atoms. The Morgan fingerprint density at radius 1 is 1.55 bits per heavy atom. The lowest BCUT2D eigenvalue weighted by Crippen LogP contribution is -2.40. The zero-order valence-electron chi connectivity index (χ0n) is 13.6. The summed E-state index contributed by atoms with van der Waals surface area (Å²) in [4.78, 5) is 27.0. The summed E-state index contributed by atoms with van der Waals surface area (Å²) in [6.45, 7) is 7.80. The number of hydrogen-bond acceptors (Lipinski definition) is 4. The molecule has 0 radical (unpaired) electrons. The lowest BCUT2D eigenvalue weighted by Gasteiger charge is -2.23. The summed E-state index contributed by atoms with van der Waals surface area (Å²) in [5, 5.41) is 0. The fourth-order valence-corrected chi connectivity index (χ4v) is 3.73. The largest absolute Gasteiger partial charge is 0.465 e. The van der Waals surface area contributed by atoms with Crippen molar-refractivity contribution in [1.82, 2.24) is 4.90 Å². The first-order valence-corrected chi connectivity index (χ1v) is 8.31. The van der Waals surface area contributed by atoms with Gasteiger partial charge in [-0.25, -0.2) is 0 Å². The first kappa shape index (κ1) is 15.5. The molecule has 3 aliphatic heterocycles. The number of unbranched alkanes of at least 4 members (excludes halogenated alkanes) is 1. The Bertz CT molecular complexity index is 501. The Morgan fingerprint density at radius 2 is 2.32 bits per heavy atom. The van der Waals surface area contributed by atoms with Gasteiger partial charge in [-0.3, -0.25) is 9.59 Å². The number of amides is 1. The van der Waals surface area contributed by atoms with Crippen LogP contribution in [0.15, 0.2) is 12.2 Å². The molecule has 0 aromatic carbocycles. The molecule has 5 heteroatoms. The van der Waals surface area contributed by atoms with Gasteiger partial charge in [-0.15, -0.1) is 0 Å². The van der Waals surface area contributed by atoms with Crippen molar-refractivity contribution in [3.05, 3.63) is 12.2 Å². The fraction of sp³-hybridized carbons (Fsp3) is 0.765. The molecule has 0 saturated carbocycles. The molecular formula is C17H25NO4. The van der Waals surface area contributed by atoms with Crippen molar-refractivity contribution in [1.29, 1.82) is 0 Å². The summed E-state index contributed by atoms with van der Waals surface area (Å²) < 4.78 is 11.4. The van der Waals surface area contributed by atoms with Crippen molar-refractivity contribution in [3.63, 3.8) is 0 Å².